The number of methoxy groups -OCH3 is 10. The molecule has 0 aliphatic heterocycles. The van der Waals surface area contributed by atoms with E-state index < -0.39 is 0 Å². The van der Waals surface area contributed by atoms with Crippen LogP contribution in [0.15, 0.2) is 158 Å². The summed E-state index contributed by atoms with van der Waals surface area (Å²) in [6, 6.07) is 57.9. The number of hydrogen-bond acceptors (Lipinski definition) is 10. The van der Waals surface area contributed by atoms with Gasteiger partial charge in [0.25, 0.3) is 0 Å². The molecule has 0 radical (unpaired) electrons. The zero-order valence-corrected chi connectivity index (χ0v) is 66.4. The van der Waals surface area contributed by atoms with Crippen molar-refractivity contribution >= 4 is 0 Å². The third kappa shape index (κ3) is 15.8. The van der Waals surface area contributed by atoms with Gasteiger partial charge in [-0.3, -0.25) is 0 Å². The van der Waals surface area contributed by atoms with Crippen LogP contribution in [0.3, 0.4) is 0 Å². The summed E-state index contributed by atoms with van der Waals surface area (Å²) in [4.78, 5) is 0. The van der Waals surface area contributed by atoms with Crippen LogP contribution in [0.2, 0.25) is 0 Å². The number of ether oxygens (including phenoxy) is 10. The predicted octanol–water partition coefficient (Wildman–Crippen LogP) is 23.2. The third-order valence-corrected chi connectivity index (χ3v) is 23.3. The Bertz CT molecular complexity index is 4010. The molecular weight excluding hydrogens is 1290 g/mol. The van der Waals surface area contributed by atoms with E-state index in [4.69, 9.17) is 47.4 Å². The monoisotopic (exact) mass is 1400 g/mol. The molecule has 0 unspecified atom stereocenters. The van der Waals surface area contributed by atoms with Crippen molar-refractivity contribution in [1.29, 1.82) is 0 Å². The summed E-state index contributed by atoms with van der Waals surface area (Å²) >= 11 is 0. The van der Waals surface area contributed by atoms with Crippen molar-refractivity contribution in [1.82, 2.24) is 0 Å². The smallest absolute Gasteiger partial charge is 0.126 e. The predicted molar refractivity (Wildman–Crippen MR) is 426 cm³/mol. The molecule has 0 atom stereocenters. The van der Waals surface area contributed by atoms with Gasteiger partial charge in [-0.05, 0) is 252 Å². The first-order valence-electron chi connectivity index (χ1n) is 37.6. The molecule has 10 nitrogen and oxygen atoms in total. The number of aryl methyl sites for hydroxylation is 4. The fourth-order valence-corrected chi connectivity index (χ4v) is 17.4. The van der Waals surface area contributed by atoms with Gasteiger partial charge in [-0.25, -0.2) is 0 Å². The maximum absolute atomic E-state index is 5.93. The van der Waals surface area contributed by atoms with Crippen molar-refractivity contribution in [3.63, 3.8) is 0 Å². The third-order valence-electron chi connectivity index (χ3n) is 23.3. The largest absolute Gasteiger partial charge is 0.497 e. The van der Waals surface area contributed by atoms with Crippen LogP contribution in [0.1, 0.15) is 242 Å². The highest BCUT2D eigenvalue weighted by Gasteiger charge is 2.45. The lowest BCUT2D eigenvalue weighted by atomic mass is 9.57. The highest BCUT2D eigenvalue weighted by molar-refractivity contribution is 5.60. The second-order valence-corrected chi connectivity index (χ2v) is 30.4. The van der Waals surface area contributed by atoms with Crippen LogP contribution >= 0.6 is 0 Å². The summed E-state index contributed by atoms with van der Waals surface area (Å²) in [7, 11) is 17.3. The van der Waals surface area contributed by atoms with Gasteiger partial charge in [-0.15, -0.1) is 0 Å². The molecule has 10 heteroatoms. The average Bonchev–Trinajstić information content (AvgIpc) is 0.748. The fourth-order valence-electron chi connectivity index (χ4n) is 17.4. The van der Waals surface area contributed by atoms with Crippen molar-refractivity contribution in [2.75, 3.05) is 71.1 Å². The number of benzene rings is 9. The Balaban J connectivity index is 0.000000226. The molecule has 2 fully saturated rings. The van der Waals surface area contributed by atoms with Crippen LogP contribution in [0.25, 0.3) is 0 Å². The van der Waals surface area contributed by atoms with Gasteiger partial charge in [0.1, 0.15) is 57.5 Å². The summed E-state index contributed by atoms with van der Waals surface area (Å²) < 4.78 is 57.8. The van der Waals surface area contributed by atoms with Crippen molar-refractivity contribution in [3.05, 3.63) is 258 Å². The average molecular weight is 1410 g/mol. The van der Waals surface area contributed by atoms with Gasteiger partial charge in [0, 0.05) is 45.9 Å². The minimum atomic E-state index is -0.200. The van der Waals surface area contributed by atoms with Gasteiger partial charge in [0.15, 0.2) is 0 Å². The van der Waals surface area contributed by atoms with Crippen molar-refractivity contribution in [2.45, 2.75) is 181 Å². The highest BCUT2D eigenvalue weighted by atomic mass is 16.5. The van der Waals surface area contributed by atoms with E-state index in [9.17, 15) is 0 Å². The molecule has 11 rings (SSSR count). The SMILES string of the molecule is COc1ccc(C(c2ccc(C(c3cc(C)c(OC)cc3C)c3cc(C)c(OC)cc3C)cc2)c2ccc(OC)cc2OC)c(OC)c1.COc1ccc(C2(c3ccc(OC)c(C(C)C)c3)CCC(C3CCC(c4ccc(OC)c(C(C)C)c4)(c4ccc(OC)c(C(C)C)c4)CC3)CC2)cc1C(C)C. The highest BCUT2D eigenvalue weighted by Crippen LogP contribution is 2.56. The lowest BCUT2D eigenvalue weighted by Gasteiger charge is -2.47. The van der Waals surface area contributed by atoms with Gasteiger partial charge in [0.05, 0.1) is 71.1 Å². The van der Waals surface area contributed by atoms with Gasteiger partial charge in [0.2, 0.25) is 0 Å². The summed E-state index contributed by atoms with van der Waals surface area (Å²) in [6.07, 6.45) is 9.57. The quantitative estimate of drug-likeness (QED) is 0.0515. The van der Waals surface area contributed by atoms with Crippen LogP contribution in [0.4, 0.5) is 0 Å². The first-order chi connectivity index (χ1) is 50.0. The van der Waals surface area contributed by atoms with Crippen molar-refractivity contribution in [3.8, 4) is 57.5 Å². The zero-order valence-electron chi connectivity index (χ0n) is 66.4. The van der Waals surface area contributed by atoms with Gasteiger partial charge in [-0.2, -0.15) is 0 Å². The lowest BCUT2D eigenvalue weighted by molar-refractivity contribution is 0.140. The Labute approximate surface area is 623 Å². The Morgan fingerprint density at radius 2 is 0.519 bits per heavy atom. The molecule has 104 heavy (non-hydrogen) atoms. The van der Waals surface area contributed by atoms with Crippen LogP contribution in [-0.4, -0.2) is 71.1 Å². The summed E-state index contributed by atoms with van der Waals surface area (Å²) in [5.41, 5.74) is 22.1. The maximum atomic E-state index is 5.93. The van der Waals surface area contributed by atoms with E-state index in [-0.39, 0.29) is 22.7 Å². The van der Waals surface area contributed by atoms with E-state index in [1.807, 2.05) is 24.3 Å². The number of rotatable bonds is 25. The Morgan fingerprint density at radius 1 is 0.250 bits per heavy atom. The van der Waals surface area contributed by atoms with Gasteiger partial charge < -0.3 is 47.4 Å². The molecule has 2 aliphatic carbocycles. The summed E-state index contributed by atoms with van der Waals surface area (Å²) in [5.74, 6) is 11.4. The first kappa shape index (κ1) is 77.6. The molecular formula is C94H116O10. The molecule has 2 aliphatic rings. The molecule has 0 spiro atoms. The summed E-state index contributed by atoms with van der Waals surface area (Å²) in [6.45, 7) is 26.8. The molecule has 0 aromatic heterocycles. The summed E-state index contributed by atoms with van der Waals surface area (Å²) in [5, 5.41) is 0. The topological polar surface area (TPSA) is 92.3 Å². The Kier molecular flexibility index (Phi) is 25.2. The van der Waals surface area contributed by atoms with Crippen LogP contribution in [0.5, 0.6) is 57.5 Å². The minimum Gasteiger partial charge on any atom is -0.497 e. The Hall–Kier alpha value is -9.02. The van der Waals surface area contributed by atoms with E-state index in [0.717, 1.165) is 123 Å². The van der Waals surface area contributed by atoms with Crippen LogP contribution in [-0.2, 0) is 10.8 Å². The molecule has 9 aromatic rings. The zero-order chi connectivity index (χ0) is 74.9. The molecule has 0 bridgehead atoms. The standard InChI is InChI=1S/C52H70O4.C42H46O6/c1-33(2)43-29-39(13-17-47(43)53-9)51(40-14-18-48(54-10)44(30-40)34(3)4)25-21-37(22-26-51)38-23-27-52(28-24-38,41-15-19-49(55-11)45(31-41)35(5)6)42-16-20-50(56-12)46(32-42)36(7)8;1-25-21-37(45-7)27(3)19-35(25)42(36-20-28(4)38(46-8)22-26(36)2)30-13-11-29(12-14-30)41(33-17-15-31(43-5)23-39(33)47-9)34-18-16-32(44-6)24-40(34)48-10/h13-20,29-38H,21-28H2,1-12H3;11-24,41-42H,1-10H3. The fraction of sp³-hybridized carbons (Fsp3) is 0.426. The normalized spacial score (nSPS) is 14.5. The molecule has 552 valence electrons. The van der Waals surface area contributed by atoms with E-state index >= 15 is 0 Å². The van der Waals surface area contributed by atoms with Crippen molar-refractivity contribution < 1.29 is 47.4 Å². The molecule has 0 saturated heterocycles. The molecule has 9 aromatic carbocycles. The van der Waals surface area contributed by atoms with E-state index in [2.05, 4.69) is 217 Å². The minimum absolute atomic E-state index is 0.0160. The van der Waals surface area contributed by atoms with Crippen molar-refractivity contribution in [2.24, 2.45) is 11.8 Å². The van der Waals surface area contributed by atoms with E-state index in [0.29, 0.717) is 23.7 Å². The lowest BCUT2D eigenvalue weighted by Crippen LogP contribution is -2.39. The van der Waals surface area contributed by atoms with Crippen LogP contribution < -0.4 is 47.4 Å². The maximum Gasteiger partial charge on any atom is 0.126 e. The molecule has 0 heterocycles. The van der Waals surface area contributed by atoms with Crippen LogP contribution in [0, 0.1) is 39.5 Å². The van der Waals surface area contributed by atoms with E-state index in [1.165, 1.54) is 98.0 Å². The second kappa shape index (κ2) is 33.8. The van der Waals surface area contributed by atoms with Gasteiger partial charge in [-0.1, -0.05) is 152 Å². The molecule has 0 N–H and O–H groups in total. The Morgan fingerprint density at radius 3 is 0.769 bits per heavy atom. The van der Waals surface area contributed by atoms with Gasteiger partial charge >= 0.3 is 0 Å². The molecule has 0 amide bonds. The first-order valence-corrected chi connectivity index (χ1v) is 37.6. The second-order valence-electron chi connectivity index (χ2n) is 30.4. The molecule has 2 saturated carbocycles. The van der Waals surface area contributed by atoms with E-state index in [1.54, 1.807) is 71.1 Å². The number of hydrogen-bond donors (Lipinski definition) is 0.